The van der Waals surface area contributed by atoms with Crippen LogP contribution in [0.25, 0.3) is 17.2 Å². The molecule has 0 aliphatic carbocycles. The van der Waals surface area contributed by atoms with E-state index in [2.05, 4.69) is 67.6 Å². The molecule has 0 aliphatic heterocycles. The molecule has 0 aromatic heterocycles. The van der Waals surface area contributed by atoms with Gasteiger partial charge in [-0.15, -0.1) is 0 Å². The highest BCUT2D eigenvalue weighted by molar-refractivity contribution is 5.65. The van der Waals surface area contributed by atoms with Crippen molar-refractivity contribution in [2.75, 3.05) is 0 Å². The van der Waals surface area contributed by atoms with Crippen molar-refractivity contribution in [1.82, 2.24) is 0 Å². The molecule has 2 aromatic carbocycles. The van der Waals surface area contributed by atoms with Crippen LogP contribution >= 0.6 is 0 Å². The van der Waals surface area contributed by atoms with Crippen molar-refractivity contribution < 1.29 is 0 Å². The minimum atomic E-state index is 1.17. The average Bonchev–Trinajstić information content (AvgIpc) is 2.41. The molecule has 0 radical (unpaired) electrons. The van der Waals surface area contributed by atoms with E-state index < -0.39 is 0 Å². The maximum atomic E-state index is 2.23. The number of hydrogen-bond donors (Lipinski definition) is 0. The number of allylic oxidation sites excluding steroid dienone is 1. The standard InChI is InChI=1S/C18H20/c1-3-5-15-7-11-17(12-8-15)18-13-9-16(6-4-2)10-14-18/h3,5,7-14H,4,6H2,1-2H3/b5-3+. The largest absolute Gasteiger partial charge is 0.0871 e. The van der Waals surface area contributed by atoms with Gasteiger partial charge < -0.3 is 0 Å². The summed E-state index contributed by atoms with van der Waals surface area (Å²) >= 11 is 0. The molecule has 0 heteroatoms. The molecule has 0 heterocycles. The molecule has 0 N–H and O–H groups in total. The highest BCUT2D eigenvalue weighted by atomic mass is 14.0. The molecular formula is C18H20. The normalized spacial score (nSPS) is 11.0. The van der Waals surface area contributed by atoms with Crippen molar-refractivity contribution >= 4 is 6.08 Å². The third-order valence-electron chi connectivity index (χ3n) is 3.10. The summed E-state index contributed by atoms with van der Waals surface area (Å²) in [4.78, 5) is 0. The summed E-state index contributed by atoms with van der Waals surface area (Å²) in [6.45, 7) is 4.26. The Kier molecular flexibility index (Phi) is 4.35. The second-order valence-electron chi connectivity index (χ2n) is 4.57. The van der Waals surface area contributed by atoms with Crippen LogP contribution in [0, 0.1) is 0 Å². The summed E-state index contributed by atoms with van der Waals surface area (Å²) < 4.78 is 0. The van der Waals surface area contributed by atoms with Crippen molar-refractivity contribution in [3.8, 4) is 11.1 Å². The lowest BCUT2D eigenvalue weighted by molar-refractivity contribution is 0.922. The van der Waals surface area contributed by atoms with E-state index in [0.717, 1.165) is 0 Å². The molecule has 0 amide bonds. The van der Waals surface area contributed by atoms with Gasteiger partial charge in [-0.3, -0.25) is 0 Å². The van der Waals surface area contributed by atoms with Gasteiger partial charge in [0.15, 0.2) is 0 Å². The second-order valence-corrected chi connectivity index (χ2v) is 4.57. The second kappa shape index (κ2) is 6.20. The SMILES string of the molecule is C/C=C/c1ccc(-c2ccc(CCC)cc2)cc1. The van der Waals surface area contributed by atoms with Crippen LogP contribution in [0.15, 0.2) is 54.6 Å². The molecule has 18 heavy (non-hydrogen) atoms. The first-order valence-electron chi connectivity index (χ1n) is 6.65. The number of hydrogen-bond acceptors (Lipinski definition) is 0. The average molecular weight is 236 g/mol. The molecule has 0 saturated heterocycles. The van der Waals surface area contributed by atoms with Crippen LogP contribution in [0.5, 0.6) is 0 Å². The van der Waals surface area contributed by atoms with E-state index in [9.17, 15) is 0 Å². The Hall–Kier alpha value is -1.82. The molecule has 2 rings (SSSR count). The Morgan fingerprint density at radius 2 is 1.39 bits per heavy atom. The van der Waals surface area contributed by atoms with E-state index >= 15 is 0 Å². The van der Waals surface area contributed by atoms with Gasteiger partial charge >= 0.3 is 0 Å². The Morgan fingerprint density at radius 3 is 1.89 bits per heavy atom. The van der Waals surface area contributed by atoms with Crippen molar-refractivity contribution in [2.45, 2.75) is 26.7 Å². The number of rotatable bonds is 4. The first kappa shape index (κ1) is 12.6. The first-order chi connectivity index (χ1) is 8.83. The zero-order valence-electron chi connectivity index (χ0n) is 11.2. The van der Waals surface area contributed by atoms with Gasteiger partial charge in [-0.2, -0.15) is 0 Å². The fourth-order valence-electron chi connectivity index (χ4n) is 2.13. The summed E-state index contributed by atoms with van der Waals surface area (Å²) in [5.41, 5.74) is 5.25. The van der Waals surface area contributed by atoms with Gasteiger partial charge in [0.2, 0.25) is 0 Å². The zero-order chi connectivity index (χ0) is 12.8. The Labute approximate surface area is 110 Å². The minimum Gasteiger partial charge on any atom is -0.0871 e. The summed E-state index contributed by atoms with van der Waals surface area (Å²) in [6, 6.07) is 17.6. The molecule has 0 bridgehead atoms. The van der Waals surface area contributed by atoms with E-state index in [1.807, 2.05) is 6.92 Å². The van der Waals surface area contributed by atoms with Gasteiger partial charge in [0.05, 0.1) is 0 Å². The quantitative estimate of drug-likeness (QED) is 0.672. The smallest absolute Gasteiger partial charge is 0.0184 e. The lowest BCUT2D eigenvalue weighted by Crippen LogP contribution is -1.83. The first-order valence-corrected chi connectivity index (χ1v) is 6.65. The van der Waals surface area contributed by atoms with Crippen LogP contribution in [0.2, 0.25) is 0 Å². The molecule has 2 aromatic rings. The van der Waals surface area contributed by atoms with E-state index in [1.54, 1.807) is 0 Å². The number of benzene rings is 2. The Morgan fingerprint density at radius 1 is 0.833 bits per heavy atom. The van der Waals surface area contributed by atoms with Gasteiger partial charge in [-0.25, -0.2) is 0 Å². The van der Waals surface area contributed by atoms with Crippen molar-refractivity contribution in [2.24, 2.45) is 0 Å². The molecular weight excluding hydrogens is 216 g/mol. The van der Waals surface area contributed by atoms with E-state index in [-0.39, 0.29) is 0 Å². The summed E-state index contributed by atoms with van der Waals surface area (Å²) in [5.74, 6) is 0. The summed E-state index contributed by atoms with van der Waals surface area (Å²) in [6.07, 6.45) is 6.56. The maximum Gasteiger partial charge on any atom is -0.0184 e. The van der Waals surface area contributed by atoms with Gasteiger partial charge in [-0.05, 0) is 35.6 Å². The summed E-state index contributed by atoms with van der Waals surface area (Å²) in [7, 11) is 0. The molecule has 0 atom stereocenters. The Balaban J connectivity index is 2.20. The fourth-order valence-corrected chi connectivity index (χ4v) is 2.13. The molecule has 0 spiro atoms. The van der Waals surface area contributed by atoms with Crippen molar-refractivity contribution in [1.29, 1.82) is 0 Å². The van der Waals surface area contributed by atoms with Crippen LogP contribution < -0.4 is 0 Å². The monoisotopic (exact) mass is 236 g/mol. The van der Waals surface area contributed by atoms with Gasteiger partial charge in [0, 0.05) is 0 Å². The summed E-state index contributed by atoms with van der Waals surface area (Å²) in [5, 5.41) is 0. The van der Waals surface area contributed by atoms with Gasteiger partial charge in [-0.1, -0.05) is 74.0 Å². The van der Waals surface area contributed by atoms with Crippen LogP contribution in [-0.2, 0) is 6.42 Å². The van der Waals surface area contributed by atoms with Crippen molar-refractivity contribution in [3.05, 3.63) is 65.7 Å². The third-order valence-corrected chi connectivity index (χ3v) is 3.10. The predicted octanol–water partition coefficient (Wildman–Crippen LogP) is 5.34. The predicted molar refractivity (Wildman–Crippen MR) is 80.6 cm³/mol. The molecule has 92 valence electrons. The highest BCUT2D eigenvalue weighted by Crippen LogP contribution is 2.21. The molecule has 0 aliphatic rings. The zero-order valence-corrected chi connectivity index (χ0v) is 11.2. The number of aryl methyl sites for hydroxylation is 1. The van der Waals surface area contributed by atoms with Crippen LogP contribution in [-0.4, -0.2) is 0 Å². The topological polar surface area (TPSA) is 0 Å². The third kappa shape index (κ3) is 3.10. The maximum absolute atomic E-state index is 2.23. The van der Waals surface area contributed by atoms with Crippen LogP contribution in [0.3, 0.4) is 0 Å². The van der Waals surface area contributed by atoms with Gasteiger partial charge in [0.1, 0.15) is 0 Å². The molecule has 0 saturated carbocycles. The lowest BCUT2D eigenvalue weighted by atomic mass is 10.0. The molecule has 0 nitrogen and oxygen atoms in total. The van der Waals surface area contributed by atoms with E-state index in [1.165, 1.54) is 35.1 Å². The van der Waals surface area contributed by atoms with Crippen LogP contribution in [0.1, 0.15) is 31.4 Å². The van der Waals surface area contributed by atoms with E-state index in [4.69, 9.17) is 0 Å². The fraction of sp³-hybridized carbons (Fsp3) is 0.222. The van der Waals surface area contributed by atoms with E-state index in [0.29, 0.717) is 0 Å². The Bertz CT molecular complexity index is 501. The molecule has 0 fully saturated rings. The van der Waals surface area contributed by atoms with Gasteiger partial charge in [0.25, 0.3) is 0 Å². The highest BCUT2D eigenvalue weighted by Gasteiger charge is 1.97. The molecule has 0 unspecified atom stereocenters. The van der Waals surface area contributed by atoms with Crippen LogP contribution in [0.4, 0.5) is 0 Å². The minimum absolute atomic E-state index is 1.17. The van der Waals surface area contributed by atoms with Crippen molar-refractivity contribution in [3.63, 3.8) is 0 Å². The lowest BCUT2D eigenvalue weighted by Gasteiger charge is -2.04.